The lowest BCUT2D eigenvalue weighted by atomic mass is 10.1. The summed E-state index contributed by atoms with van der Waals surface area (Å²) >= 11 is 6.90. The maximum Gasteiger partial charge on any atom is 0.244 e. The van der Waals surface area contributed by atoms with Gasteiger partial charge in [-0.3, -0.25) is 9.59 Å². The fourth-order valence-electron chi connectivity index (χ4n) is 2.74. The number of anilines is 1. The summed E-state index contributed by atoms with van der Waals surface area (Å²) in [6, 6.07) is 9.60. The molecule has 0 fully saturated rings. The average Bonchev–Trinajstić information content (AvgIpc) is 2.89. The van der Waals surface area contributed by atoms with Gasteiger partial charge < -0.3 is 9.88 Å². The van der Waals surface area contributed by atoms with E-state index in [1.165, 1.54) is 0 Å². The highest BCUT2D eigenvalue weighted by molar-refractivity contribution is 9.10. The van der Waals surface area contributed by atoms with Crippen molar-refractivity contribution in [2.75, 3.05) is 5.32 Å². The van der Waals surface area contributed by atoms with Crippen LogP contribution in [0.5, 0.6) is 0 Å². The van der Waals surface area contributed by atoms with Crippen molar-refractivity contribution in [1.29, 1.82) is 0 Å². The first-order chi connectivity index (χ1) is 11.9. The molecule has 0 saturated carbocycles. The van der Waals surface area contributed by atoms with Crippen LogP contribution in [0.1, 0.15) is 21.5 Å². The van der Waals surface area contributed by atoms with E-state index in [2.05, 4.69) is 37.2 Å². The van der Waals surface area contributed by atoms with Crippen molar-refractivity contribution >= 4 is 60.6 Å². The summed E-state index contributed by atoms with van der Waals surface area (Å²) in [5, 5.41) is 3.75. The Balaban J connectivity index is 1.88. The Morgan fingerprint density at radius 3 is 2.60 bits per heavy atom. The molecule has 1 heterocycles. The molecule has 128 valence electrons. The van der Waals surface area contributed by atoms with E-state index in [4.69, 9.17) is 0 Å². The van der Waals surface area contributed by atoms with Gasteiger partial charge in [0.2, 0.25) is 5.91 Å². The van der Waals surface area contributed by atoms with Crippen molar-refractivity contribution in [2.45, 2.75) is 20.4 Å². The van der Waals surface area contributed by atoms with Crippen LogP contribution in [-0.2, 0) is 11.3 Å². The van der Waals surface area contributed by atoms with Gasteiger partial charge in [0.1, 0.15) is 6.54 Å². The predicted octanol–water partition coefficient (Wildman–Crippen LogP) is 5.23. The second-order valence-corrected chi connectivity index (χ2v) is 7.73. The first-order valence-corrected chi connectivity index (χ1v) is 9.28. The fraction of sp³-hybridized carbons (Fsp3) is 0.158. The molecule has 0 radical (unpaired) electrons. The number of hydrogen-bond acceptors (Lipinski definition) is 2. The molecule has 1 aromatic heterocycles. The molecular formula is C19H16Br2N2O2. The van der Waals surface area contributed by atoms with Crippen LogP contribution >= 0.6 is 31.9 Å². The molecule has 4 nitrogen and oxygen atoms in total. The van der Waals surface area contributed by atoms with E-state index in [9.17, 15) is 9.59 Å². The highest BCUT2D eigenvalue weighted by Crippen LogP contribution is 2.27. The third-order valence-electron chi connectivity index (χ3n) is 4.17. The Kier molecular flexibility index (Phi) is 5.11. The molecule has 25 heavy (non-hydrogen) atoms. The minimum atomic E-state index is -0.152. The monoisotopic (exact) mass is 462 g/mol. The molecule has 0 bridgehead atoms. The van der Waals surface area contributed by atoms with Gasteiger partial charge in [-0.15, -0.1) is 0 Å². The highest BCUT2D eigenvalue weighted by atomic mass is 79.9. The van der Waals surface area contributed by atoms with Crippen molar-refractivity contribution in [1.82, 2.24) is 4.57 Å². The maximum atomic E-state index is 12.5. The molecule has 3 aromatic rings. The maximum absolute atomic E-state index is 12.5. The normalized spacial score (nSPS) is 10.9. The number of aldehydes is 1. The van der Waals surface area contributed by atoms with Gasteiger partial charge in [0.05, 0.1) is 5.69 Å². The number of nitrogens with one attached hydrogen (secondary N) is 1. The lowest BCUT2D eigenvalue weighted by Gasteiger charge is -2.11. The first-order valence-electron chi connectivity index (χ1n) is 7.69. The number of aryl methyl sites for hydroxylation is 2. The van der Waals surface area contributed by atoms with Crippen LogP contribution in [-0.4, -0.2) is 16.8 Å². The molecule has 0 aliphatic carbocycles. The minimum absolute atomic E-state index is 0.130. The zero-order valence-corrected chi connectivity index (χ0v) is 16.9. The number of carbonyl (C=O) groups excluding carboxylic acids is 2. The molecular weight excluding hydrogens is 448 g/mol. The second-order valence-electron chi connectivity index (χ2n) is 5.96. The number of carbonyl (C=O) groups is 2. The summed E-state index contributed by atoms with van der Waals surface area (Å²) in [5.74, 6) is -0.152. The minimum Gasteiger partial charge on any atom is -0.337 e. The number of amides is 1. The highest BCUT2D eigenvalue weighted by Gasteiger charge is 2.13. The molecule has 0 spiro atoms. The SMILES string of the molecule is Cc1cc(Br)c(NC(=O)Cn2cc(C=O)c3cc(Br)ccc32)cc1C. The van der Waals surface area contributed by atoms with Crippen LogP contribution in [0.2, 0.25) is 0 Å². The third-order valence-corrected chi connectivity index (χ3v) is 5.32. The standard InChI is InChI=1S/C19H16Br2N2O2/c1-11-5-16(21)17(6-12(11)2)22-19(25)9-23-8-13(10-24)15-7-14(20)3-4-18(15)23/h3-8,10H,9H2,1-2H3,(H,22,25). The van der Waals surface area contributed by atoms with E-state index < -0.39 is 0 Å². The van der Waals surface area contributed by atoms with Crippen molar-refractivity contribution in [3.05, 3.63) is 62.2 Å². The van der Waals surface area contributed by atoms with Gasteiger partial charge in [-0.25, -0.2) is 0 Å². The number of halogens is 2. The molecule has 0 aliphatic rings. The number of aromatic nitrogens is 1. The molecule has 3 rings (SSSR count). The Labute approximate surface area is 162 Å². The molecule has 0 unspecified atom stereocenters. The Hall–Kier alpha value is -1.92. The zero-order valence-electron chi connectivity index (χ0n) is 13.8. The molecule has 0 saturated heterocycles. The van der Waals surface area contributed by atoms with Gasteiger partial charge in [0.25, 0.3) is 0 Å². The molecule has 0 atom stereocenters. The lowest BCUT2D eigenvalue weighted by molar-refractivity contribution is -0.116. The lowest BCUT2D eigenvalue weighted by Crippen LogP contribution is -2.18. The summed E-state index contributed by atoms with van der Waals surface area (Å²) in [6.45, 7) is 4.16. The summed E-state index contributed by atoms with van der Waals surface area (Å²) < 4.78 is 3.53. The number of nitrogens with zero attached hydrogens (tertiary/aromatic N) is 1. The topological polar surface area (TPSA) is 51.1 Å². The van der Waals surface area contributed by atoms with Crippen LogP contribution < -0.4 is 5.32 Å². The second kappa shape index (κ2) is 7.14. The van der Waals surface area contributed by atoms with Gasteiger partial charge in [0, 0.05) is 31.6 Å². The Morgan fingerprint density at radius 1 is 1.16 bits per heavy atom. The fourth-order valence-corrected chi connectivity index (χ4v) is 3.66. The molecule has 1 N–H and O–H groups in total. The molecule has 6 heteroatoms. The van der Waals surface area contributed by atoms with Crippen LogP contribution in [0.15, 0.2) is 45.5 Å². The number of hydrogen-bond donors (Lipinski definition) is 1. The zero-order chi connectivity index (χ0) is 18.1. The van der Waals surface area contributed by atoms with E-state index in [1.54, 1.807) is 10.8 Å². The van der Waals surface area contributed by atoms with Crippen LogP contribution in [0, 0.1) is 13.8 Å². The van der Waals surface area contributed by atoms with Crippen LogP contribution in [0.25, 0.3) is 10.9 Å². The summed E-state index contributed by atoms with van der Waals surface area (Å²) in [4.78, 5) is 23.8. The van der Waals surface area contributed by atoms with Gasteiger partial charge in [-0.05, 0) is 71.2 Å². The van der Waals surface area contributed by atoms with Crippen molar-refractivity contribution in [3.63, 3.8) is 0 Å². The Bertz CT molecular complexity index is 993. The smallest absolute Gasteiger partial charge is 0.244 e. The van der Waals surface area contributed by atoms with E-state index in [0.717, 1.165) is 42.9 Å². The summed E-state index contributed by atoms with van der Waals surface area (Å²) in [7, 11) is 0. The van der Waals surface area contributed by atoms with Crippen LogP contribution in [0.4, 0.5) is 5.69 Å². The van der Waals surface area contributed by atoms with Crippen LogP contribution in [0.3, 0.4) is 0 Å². The van der Waals surface area contributed by atoms with Crippen molar-refractivity contribution in [2.24, 2.45) is 0 Å². The van der Waals surface area contributed by atoms with Gasteiger partial charge in [0.15, 0.2) is 6.29 Å². The van der Waals surface area contributed by atoms with Crippen molar-refractivity contribution in [3.8, 4) is 0 Å². The summed E-state index contributed by atoms with van der Waals surface area (Å²) in [6.07, 6.45) is 2.52. The number of fused-ring (bicyclic) bond motifs is 1. The number of rotatable bonds is 4. The van der Waals surface area contributed by atoms with Gasteiger partial charge in [-0.1, -0.05) is 15.9 Å². The van der Waals surface area contributed by atoms with E-state index >= 15 is 0 Å². The number of benzene rings is 2. The molecule has 0 aliphatic heterocycles. The predicted molar refractivity (Wildman–Crippen MR) is 107 cm³/mol. The quantitative estimate of drug-likeness (QED) is 0.538. The average molecular weight is 464 g/mol. The molecule has 1 amide bonds. The van der Waals surface area contributed by atoms with Crippen molar-refractivity contribution < 1.29 is 9.59 Å². The van der Waals surface area contributed by atoms with E-state index in [0.29, 0.717) is 5.56 Å². The summed E-state index contributed by atoms with van der Waals surface area (Å²) in [5.41, 5.74) is 4.42. The van der Waals surface area contributed by atoms with Gasteiger partial charge in [-0.2, -0.15) is 0 Å². The van der Waals surface area contributed by atoms with E-state index in [-0.39, 0.29) is 12.5 Å². The largest absolute Gasteiger partial charge is 0.337 e. The molecule has 2 aromatic carbocycles. The third kappa shape index (κ3) is 3.70. The van der Waals surface area contributed by atoms with E-state index in [1.807, 2.05) is 44.2 Å². The first kappa shape index (κ1) is 17.9. The van der Waals surface area contributed by atoms with Gasteiger partial charge >= 0.3 is 0 Å². The Morgan fingerprint density at radius 2 is 1.88 bits per heavy atom.